The first-order valence-electron chi connectivity index (χ1n) is 6.68. The van der Waals surface area contributed by atoms with Gasteiger partial charge in [-0.1, -0.05) is 24.3 Å². The zero-order valence-electron chi connectivity index (χ0n) is 11.7. The molecule has 2 N–H and O–H groups in total. The van der Waals surface area contributed by atoms with E-state index in [0.717, 1.165) is 22.6 Å². The summed E-state index contributed by atoms with van der Waals surface area (Å²) in [6.45, 7) is 0.649. The average molecular weight is 280 g/mol. The summed E-state index contributed by atoms with van der Waals surface area (Å²) in [5, 5.41) is 20.8. The maximum absolute atomic E-state index is 9.46. The third-order valence-electron chi connectivity index (χ3n) is 3.24. The summed E-state index contributed by atoms with van der Waals surface area (Å²) in [5.74, 6) is 1.11. The minimum atomic E-state index is 0.280. The third kappa shape index (κ3) is 3.02. The molecule has 0 aliphatic heterocycles. The Kier molecular flexibility index (Phi) is 3.55. The van der Waals surface area contributed by atoms with Crippen molar-refractivity contribution in [2.24, 2.45) is 7.05 Å². The molecule has 3 rings (SSSR count). The van der Waals surface area contributed by atoms with Crippen molar-refractivity contribution in [1.29, 1.82) is 0 Å². The average Bonchev–Trinajstić information content (AvgIpc) is 2.92. The number of phenolic OH excluding ortho intramolecular Hbond substituents is 1. The molecule has 5 heteroatoms. The van der Waals surface area contributed by atoms with Gasteiger partial charge in [0.15, 0.2) is 5.82 Å². The number of aromatic hydroxyl groups is 1. The highest BCUT2D eigenvalue weighted by atomic mass is 16.3. The van der Waals surface area contributed by atoms with Crippen molar-refractivity contribution in [3.05, 3.63) is 60.4 Å². The number of nitrogens with zero attached hydrogens (tertiary/aromatic N) is 3. The van der Waals surface area contributed by atoms with Crippen molar-refractivity contribution >= 4 is 5.69 Å². The third-order valence-corrected chi connectivity index (χ3v) is 3.24. The number of benzene rings is 2. The second-order valence-corrected chi connectivity index (χ2v) is 4.87. The van der Waals surface area contributed by atoms with Gasteiger partial charge >= 0.3 is 0 Å². The fourth-order valence-electron chi connectivity index (χ4n) is 2.18. The fourth-order valence-corrected chi connectivity index (χ4v) is 2.18. The van der Waals surface area contributed by atoms with Crippen LogP contribution in [-0.4, -0.2) is 19.9 Å². The maximum Gasteiger partial charge on any atom is 0.163 e. The van der Waals surface area contributed by atoms with Crippen molar-refractivity contribution in [1.82, 2.24) is 14.8 Å². The van der Waals surface area contributed by atoms with Crippen molar-refractivity contribution in [3.8, 4) is 17.1 Å². The molecule has 0 aliphatic carbocycles. The molecule has 0 unspecified atom stereocenters. The fraction of sp³-hybridized carbons (Fsp3) is 0.125. The molecule has 0 aliphatic rings. The number of nitrogens with one attached hydrogen (secondary N) is 1. The van der Waals surface area contributed by atoms with E-state index in [0.29, 0.717) is 6.54 Å². The first kappa shape index (κ1) is 13.2. The van der Waals surface area contributed by atoms with Gasteiger partial charge in [-0.25, -0.2) is 0 Å². The molecule has 5 nitrogen and oxygen atoms in total. The zero-order chi connectivity index (χ0) is 14.7. The lowest BCUT2D eigenvalue weighted by molar-refractivity contribution is 0.474. The summed E-state index contributed by atoms with van der Waals surface area (Å²) in [6, 6.07) is 15.2. The van der Waals surface area contributed by atoms with Crippen LogP contribution in [0.5, 0.6) is 5.75 Å². The number of hydrogen-bond acceptors (Lipinski definition) is 4. The SMILES string of the molecule is Cn1cnnc1-c1cccc(NCc2cccc(O)c2)c1. The second-order valence-electron chi connectivity index (χ2n) is 4.87. The normalized spacial score (nSPS) is 10.5. The molecular formula is C16H16N4O. The Hall–Kier alpha value is -2.82. The Morgan fingerprint density at radius 1 is 1.14 bits per heavy atom. The van der Waals surface area contributed by atoms with Gasteiger partial charge in [0.1, 0.15) is 12.1 Å². The van der Waals surface area contributed by atoms with Gasteiger partial charge in [-0.05, 0) is 29.8 Å². The largest absolute Gasteiger partial charge is 0.508 e. The molecule has 0 amide bonds. The lowest BCUT2D eigenvalue weighted by atomic mass is 10.1. The highest BCUT2D eigenvalue weighted by Gasteiger charge is 2.05. The molecule has 1 aromatic heterocycles. The number of aryl methyl sites for hydroxylation is 1. The molecule has 1 heterocycles. The van der Waals surface area contributed by atoms with E-state index in [2.05, 4.69) is 15.5 Å². The van der Waals surface area contributed by atoms with Crippen LogP contribution in [0.2, 0.25) is 0 Å². The Labute approximate surface area is 122 Å². The Balaban J connectivity index is 1.76. The van der Waals surface area contributed by atoms with E-state index in [1.807, 2.05) is 48.0 Å². The van der Waals surface area contributed by atoms with E-state index >= 15 is 0 Å². The summed E-state index contributed by atoms with van der Waals surface area (Å²) in [7, 11) is 1.92. The van der Waals surface area contributed by atoms with Crippen LogP contribution in [0.15, 0.2) is 54.9 Å². The van der Waals surface area contributed by atoms with Crippen LogP contribution >= 0.6 is 0 Å². The van der Waals surface area contributed by atoms with Crippen LogP contribution in [0.25, 0.3) is 11.4 Å². The minimum absolute atomic E-state index is 0.280. The molecule has 0 fully saturated rings. The van der Waals surface area contributed by atoms with Gasteiger partial charge in [0, 0.05) is 24.8 Å². The molecule has 0 bridgehead atoms. The van der Waals surface area contributed by atoms with E-state index in [1.165, 1.54) is 0 Å². The van der Waals surface area contributed by atoms with Crippen molar-refractivity contribution in [2.45, 2.75) is 6.54 Å². The summed E-state index contributed by atoms with van der Waals surface area (Å²) in [4.78, 5) is 0. The lowest BCUT2D eigenvalue weighted by Crippen LogP contribution is -1.99. The monoisotopic (exact) mass is 280 g/mol. The molecule has 0 radical (unpaired) electrons. The van der Waals surface area contributed by atoms with E-state index in [-0.39, 0.29) is 5.75 Å². The number of hydrogen-bond donors (Lipinski definition) is 2. The number of rotatable bonds is 4. The first-order chi connectivity index (χ1) is 10.2. The van der Waals surface area contributed by atoms with Crippen LogP contribution in [-0.2, 0) is 13.6 Å². The van der Waals surface area contributed by atoms with Crippen molar-refractivity contribution in [2.75, 3.05) is 5.32 Å². The molecular weight excluding hydrogens is 264 g/mol. The Morgan fingerprint density at radius 3 is 2.76 bits per heavy atom. The van der Waals surface area contributed by atoms with Crippen LogP contribution in [0.1, 0.15) is 5.56 Å². The predicted octanol–water partition coefficient (Wildman–Crippen LogP) is 2.80. The van der Waals surface area contributed by atoms with E-state index in [9.17, 15) is 5.11 Å². The Bertz CT molecular complexity index is 751. The van der Waals surface area contributed by atoms with Crippen molar-refractivity contribution in [3.63, 3.8) is 0 Å². The maximum atomic E-state index is 9.46. The predicted molar refractivity (Wildman–Crippen MR) is 81.9 cm³/mol. The highest BCUT2D eigenvalue weighted by molar-refractivity contribution is 5.62. The summed E-state index contributed by atoms with van der Waals surface area (Å²) in [5.41, 5.74) is 3.04. The molecule has 106 valence electrons. The summed E-state index contributed by atoms with van der Waals surface area (Å²) < 4.78 is 1.88. The van der Waals surface area contributed by atoms with Gasteiger partial charge in [0.2, 0.25) is 0 Å². The van der Waals surface area contributed by atoms with Crippen LogP contribution < -0.4 is 5.32 Å². The second kappa shape index (κ2) is 5.66. The van der Waals surface area contributed by atoms with Gasteiger partial charge in [-0.2, -0.15) is 0 Å². The number of anilines is 1. The van der Waals surface area contributed by atoms with E-state index < -0.39 is 0 Å². The molecule has 0 saturated heterocycles. The zero-order valence-corrected chi connectivity index (χ0v) is 11.7. The number of phenols is 1. The lowest BCUT2D eigenvalue weighted by Gasteiger charge is -2.08. The molecule has 0 saturated carbocycles. The van der Waals surface area contributed by atoms with Gasteiger partial charge in [0.05, 0.1) is 0 Å². The van der Waals surface area contributed by atoms with Crippen LogP contribution in [0, 0.1) is 0 Å². The van der Waals surface area contributed by atoms with E-state index in [1.54, 1.807) is 18.5 Å². The smallest absolute Gasteiger partial charge is 0.163 e. The molecule has 21 heavy (non-hydrogen) atoms. The topological polar surface area (TPSA) is 63.0 Å². The molecule has 2 aromatic carbocycles. The molecule has 0 atom stereocenters. The van der Waals surface area contributed by atoms with Crippen molar-refractivity contribution < 1.29 is 5.11 Å². The van der Waals surface area contributed by atoms with Gasteiger partial charge in [-0.15, -0.1) is 10.2 Å². The quantitative estimate of drug-likeness (QED) is 0.771. The standard InChI is InChI=1S/C16H16N4O/c1-20-11-18-19-16(20)13-5-3-6-14(9-13)17-10-12-4-2-7-15(21)8-12/h2-9,11,17,21H,10H2,1H3. The molecule has 3 aromatic rings. The number of aromatic nitrogens is 3. The Morgan fingerprint density at radius 2 is 2.00 bits per heavy atom. The van der Waals surface area contributed by atoms with Crippen LogP contribution in [0.4, 0.5) is 5.69 Å². The molecule has 0 spiro atoms. The van der Waals surface area contributed by atoms with Gasteiger partial charge in [0.25, 0.3) is 0 Å². The van der Waals surface area contributed by atoms with Gasteiger partial charge < -0.3 is 15.0 Å². The van der Waals surface area contributed by atoms with E-state index in [4.69, 9.17) is 0 Å². The minimum Gasteiger partial charge on any atom is -0.508 e. The van der Waals surface area contributed by atoms with Crippen LogP contribution in [0.3, 0.4) is 0 Å². The first-order valence-corrected chi connectivity index (χ1v) is 6.68. The summed E-state index contributed by atoms with van der Waals surface area (Å²) >= 11 is 0. The van der Waals surface area contributed by atoms with Gasteiger partial charge in [-0.3, -0.25) is 0 Å². The highest BCUT2D eigenvalue weighted by Crippen LogP contribution is 2.21. The summed E-state index contributed by atoms with van der Waals surface area (Å²) in [6.07, 6.45) is 1.68.